The molecular formula is C18H17N3O4S. The van der Waals surface area contributed by atoms with E-state index in [1.54, 1.807) is 11.4 Å². The Labute approximate surface area is 154 Å². The van der Waals surface area contributed by atoms with Crippen LogP contribution in [-0.2, 0) is 9.47 Å². The van der Waals surface area contributed by atoms with Crippen LogP contribution in [-0.4, -0.2) is 47.0 Å². The maximum absolute atomic E-state index is 12.5. The van der Waals surface area contributed by atoms with Gasteiger partial charge < -0.3 is 9.47 Å². The maximum Gasteiger partial charge on any atom is 0.341 e. The number of ether oxygens (including phenoxy) is 2. The van der Waals surface area contributed by atoms with Gasteiger partial charge in [0.2, 0.25) is 5.16 Å². The summed E-state index contributed by atoms with van der Waals surface area (Å²) in [5, 5.41) is 4.96. The van der Waals surface area contributed by atoms with Crippen LogP contribution in [0.1, 0.15) is 26.4 Å². The first kappa shape index (κ1) is 17.9. The van der Waals surface area contributed by atoms with Gasteiger partial charge >= 0.3 is 11.9 Å². The van der Waals surface area contributed by atoms with E-state index in [4.69, 9.17) is 9.47 Å². The van der Waals surface area contributed by atoms with Gasteiger partial charge in [0.15, 0.2) is 0 Å². The van der Waals surface area contributed by atoms with Gasteiger partial charge in [0.25, 0.3) is 0 Å². The van der Waals surface area contributed by atoms with Gasteiger partial charge in [0, 0.05) is 5.56 Å². The van der Waals surface area contributed by atoms with E-state index in [1.807, 2.05) is 36.6 Å². The summed E-state index contributed by atoms with van der Waals surface area (Å²) >= 11 is 1.37. The highest BCUT2D eigenvalue weighted by Gasteiger charge is 2.31. The predicted octanol–water partition coefficient (Wildman–Crippen LogP) is 3.00. The molecule has 2 aromatic heterocycles. The monoisotopic (exact) mass is 371 g/mol. The van der Waals surface area contributed by atoms with Gasteiger partial charge in [0.05, 0.1) is 31.2 Å². The van der Waals surface area contributed by atoms with Crippen molar-refractivity contribution in [1.29, 1.82) is 0 Å². The molecule has 0 saturated carbocycles. The normalized spacial score (nSPS) is 10.8. The summed E-state index contributed by atoms with van der Waals surface area (Å²) < 4.78 is 11.3. The molecule has 0 radical (unpaired) electrons. The number of hydrogen-bond acceptors (Lipinski definition) is 7. The molecular weight excluding hydrogens is 354 g/mol. The van der Waals surface area contributed by atoms with E-state index >= 15 is 0 Å². The van der Waals surface area contributed by atoms with E-state index < -0.39 is 11.9 Å². The number of thioether (sulfide) groups is 1. The first-order valence-corrected chi connectivity index (χ1v) is 8.95. The third-order valence-electron chi connectivity index (χ3n) is 4.00. The second kappa shape index (κ2) is 7.17. The zero-order valence-electron chi connectivity index (χ0n) is 14.8. The van der Waals surface area contributed by atoms with Crippen LogP contribution in [0.3, 0.4) is 0 Å². The Kier molecular flexibility index (Phi) is 4.94. The molecule has 0 aliphatic heterocycles. The Bertz CT molecular complexity index is 999. The summed E-state index contributed by atoms with van der Waals surface area (Å²) in [4.78, 5) is 29.4. The van der Waals surface area contributed by atoms with Crippen LogP contribution in [0.4, 0.5) is 0 Å². The zero-order chi connectivity index (χ0) is 18.8. The predicted molar refractivity (Wildman–Crippen MR) is 97.6 cm³/mol. The quantitative estimate of drug-likeness (QED) is 0.515. The number of aryl methyl sites for hydroxylation is 1. The number of rotatable bonds is 4. The molecule has 0 unspecified atom stereocenters. The molecule has 0 amide bonds. The van der Waals surface area contributed by atoms with E-state index in [0.717, 1.165) is 5.56 Å². The lowest BCUT2D eigenvalue weighted by Gasteiger charge is -2.08. The minimum atomic E-state index is -0.645. The SMILES string of the molecule is COC(=O)c1c(C(=O)OC)c2c(-c3ccccc3)nc(SC)nn2c1C. The van der Waals surface area contributed by atoms with E-state index in [9.17, 15) is 9.59 Å². The van der Waals surface area contributed by atoms with E-state index in [1.165, 1.54) is 26.0 Å². The Morgan fingerprint density at radius 3 is 2.23 bits per heavy atom. The van der Waals surface area contributed by atoms with E-state index in [0.29, 0.717) is 22.1 Å². The number of methoxy groups -OCH3 is 2. The van der Waals surface area contributed by atoms with Crippen LogP contribution in [0.5, 0.6) is 0 Å². The number of esters is 2. The molecule has 0 saturated heterocycles. The number of carbonyl (C=O) groups excluding carboxylic acids is 2. The van der Waals surface area contributed by atoms with Crippen LogP contribution >= 0.6 is 11.8 Å². The molecule has 7 nitrogen and oxygen atoms in total. The molecule has 0 aliphatic carbocycles. The fourth-order valence-electron chi connectivity index (χ4n) is 2.82. The van der Waals surface area contributed by atoms with Gasteiger partial charge in [0.1, 0.15) is 11.1 Å². The second-order valence-electron chi connectivity index (χ2n) is 5.39. The van der Waals surface area contributed by atoms with Crippen molar-refractivity contribution >= 4 is 29.2 Å². The lowest BCUT2D eigenvalue weighted by Crippen LogP contribution is -2.11. The minimum absolute atomic E-state index is 0.100. The molecule has 0 aliphatic rings. The number of hydrogen-bond donors (Lipinski definition) is 0. The van der Waals surface area contributed by atoms with Crippen molar-refractivity contribution in [3.05, 3.63) is 47.2 Å². The topological polar surface area (TPSA) is 82.8 Å². The average Bonchev–Trinajstić information content (AvgIpc) is 2.99. The van der Waals surface area contributed by atoms with Crippen LogP contribution in [0.2, 0.25) is 0 Å². The van der Waals surface area contributed by atoms with Crippen molar-refractivity contribution in [3.8, 4) is 11.3 Å². The van der Waals surface area contributed by atoms with Crippen molar-refractivity contribution in [3.63, 3.8) is 0 Å². The third kappa shape index (κ3) is 2.82. The lowest BCUT2D eigenvalue weighted by atomic mass is 10.1. The Morgan fingerprint density at radius 2 is 1.65 bits per heavy atom. The molecule has 3 rings (SSSR count). The average molecular weight is 371 g/mol. The highest BCUT2D eigenvalue weighted by atomic mass is 32.2. The highest BCUT2D eigenvalue weighted by molar-refractivity contribution is 7.98. The fourth-order valence-corrected chi connectivity index (χ4v) is 3.16. The fraction of sp³-hybridized carbons (Fsp3) is 0.222. The number of carbonyl (C=O) groups is 2. The molecule has 0 atom stereocenters. The standard InChI is InChI=1S/C18H17N3O4S/c1-10-12(16(22)24-2)13(17(23)25-3)15-14(11-8-6-5-7-9-11)19-18(26-4)20-21(10)15/h5-9H,1-4H3. The molecule has 26 heavy (non-hydrogen) atoms. The van der Waals surface area contributed by atoms with Crippen molar-refractivity contribution in [2.45, 2.75) is 12.1 Å². The van der Waals surface area contributed by atoms with Crippen LogP contribution in [0.15, 0.2) is 35.5 Å². The first-order chi connectivity index (χ1) is 12.5. The Hall–Kier alpha value is -2.87. The highest BCUT2D eigenvalue weighted by Crippen LogP contribution is 2.32. The Morgan fingerprint density at radius 1 is 1.04 bits per heavy atom. The smallest absolute Gasteiger partial charge is 0.341 e. The number of benzene rings is 1. The third-order valence-corrected chi connectivity index (χ3v) is 4.54. The second-order valence-corrected chi connectivity index (χ2v) is 6.17. The van der Waals surface area contributed by atoms with Gasteiger partial charge in [-0.25, -0.2) is 19.1 Å². The summed E-state index contributed by atoms with van der Waals surface area (Å²) in [6.45, 7) is 1.71. The Balaban J connectivity index is 2.51. The van der Waals surface area contributed by atoms with Crippen LogP contribution < -0.4 is 0 Å². The first-order valence-electron chi connectivity index (χ1n) is 7.72. The molecule has 134 valence electrons. The molecule has 1 aromatic carbocycles. The largest absolute Gasteiger partial charge is 0.465 e. The van der Waals surface area contributed by atoms with Gasteiger partial charge in [-0.1, -0.05) is 42.1 Å². The van der Waals surface area contributed by atoms with Gasteiger partial charge in [-0.3, -0.25) is 0 Å². The summed E-state index contributed by atoms with van der Waals surface area (Å²) in [6, 6.07) is 9.41. The molecule has 0 spiro atoms. The molecule has 0 N–H and O–H groups in total. The van der Waals surface area contributed by atoms with Crippen LogP contribution in [0, 0.1) is 6.92 Å². The summed E-state index contributed by atoms with van der Waals surface area (Å²) in [7, 11) is 2.53. The summed E-state index contributed by atoms with van der Waals surface area (Å²) in [5.41, 5.74) is 2.48. The zero-order valence-corrected chi connectivity index (χ0v) is 15.6. The van der Waals surface area contributed by atoms with E-state index in [2.05, 4.69) is 10.1 Å². The summed E-state index contributed by atoms with van der Waals surface area (Å²) in [6.07, 6.45) is 1.86. The van der Waals surface area contributed by atoms with Crippen molar-refractivity contribution in [2.75, 3.05) is 20.5 Å². The molecule has 0 bridgehead atoms. The maximum atomic E-state index is 12.5. The molecule has 8 heteroatoms. The van der Waals surface area contributed by atoms with Crippen LogP contribution in [0.25, 0.3) is 16.8 Å². The van der Waals surface area contributed by atoms with Crippen molar-refractivity contribution in [1.82, 2.24) is 14.6 Å². The minimum Gasteiger partial charge on any atom is -0.465 e. The van der Waals surface area contributed by atoms with Gasteiger partial charge in [-0.2, -0.15) is 0 Å². The molecule has 2 heterocycles. The van der Waals surface area contributed by atoms with Crippen molar-refractivity contribution in [2.24, 2.45) is 0 Å². The lowest BCUT2D eigenvalue weighted by molar-refractivity contribution is 0.0557. The van der Waals surface area contributed by atoms with Gasteiger partial charge in [-0.05, 0) is 13.2 Å². The van der Waals surface area contributed by atoms with Gasteiger partial charge in [-0.15, -0.1) is 5.10 Å². The number of fused-ring (bicyclic) bond motifs is 1. The molecule has 0 fully saturated rings. The van der Waals surface area contributed by atoms with Crippen molar-refractivity contribution < 1.29 is 19.1 Å². The summed E-state index contributed by atoms with van der Waals surface area (Å²) in [5.74, 6) is -1.27. The molecule has 3 aromatic rings. The number of aromatic nitrogens is 3. The number of nitrogens with zero attached hydrogens (tertiary/aromatic N) is 3. The van der Waals surface area contributed by atoms with E-state index in [-0.39, 0.29) is 11.1 Å².